The molecular formula is C22H25FN4O4. The van der Waals surface area contributed by atoms with Crippen LogP contribution in [0.3, 0.4) is 0 Å². The number of nitrogens with zero attached hydrogens (tertiary/aromatic N) is 2. The molecule has 8 nitrogen and oxygen atoms in total. The fraction of sp³-hybridized carbons (Fsp3) is 0.409. The molecule has 1 aliphatic carbocycles. The Morgan fingerprint density at radius 2 is 1.97 bits per heavy atom. The number of aromatic hydroxyl groups is 1. The van der Waals surface area contributed by atoms with Gasteiger partial charge in [-0.25, -0.2) is 19.2 Å². The average molecular weight is 428 g/mol. The largest absolute Gasteiger partial charge is 0.505 e. The molecule has 0 bridgehead atoms. The number of carboxylic acid groups (broad SMARTS) is 1. The first-order valence-corrected chi connectivity index (χ1v) is 10.5. The van der Waals surface area contributed by atoms with E-state index in [0.29, 0.717) is 29.3 Å². The van der Waals surface area contributed by atoms with Crippen LogP contribution in [-0.2, 0) is 0 Å². The zero-order chi connectivity index (χ0) is 21.8. The molecule has 0 spiro atoms. The van der Waals surface area contributed by atoms with E-state index in [1.807, 2.05) is 0 Å². The van der Waals surface area contributed by atoms with E-state index in [0.717, 1.165) is 18.9 Å². The molecule has 3 aromatic rings. The predicted molar refractivity (Wildman–Crippen MR) is 113 cm³/mol. The van der Waals surface area contributed by atoms with Crippen LogP contribution in [0.15, 0.2) is 24.7 Å². The normalized spacial score (nSPS) is 15.9. The van der Waals surface area contributed by atoms with Crippen molar-refractivity contribution in [3.63, 3.8) is 0 Å². The van der Waals surface area contributed by atoms with E-state index >= 15 is 0 Å². The zero-order valence-electron chi connectivity index (χ0n) is 17.0. The van der Waals surface area contributed by atoms with Gasteiger partial charge in [0.05, 0.1) is 12.1 Å². The summed E-state index contributed by atoms with van der Waals surface area (Å²) < 4.78 is 19.7. The minimum absolute atomic E-state index is 0.00153. The summed E-state index contributed by atoms with van der Waals surface area (Å²) in [7, 11) is 0. The Labute approximate surface area is 178 Å². The molecule has 0 radical (unpaired) electrons. The fourth-order valence-corrected chi connectivity index (χ4v) is 3.45. The third-order valence-corrected chi connectivity index (χ3v) is 5.38. The Bertz CT molecular complexity index is 1070. The first-order chi connectivity index (χ1) is 15.0. The lowest BCUT2D eigenvalue weighted by Gasteiger charge is -2.12. The second-order valence-electron chi connectivity index (χ2n) is 7.82. The smallest absolute Gasteiger partial charge is 0.339 e. The van der Waals surface area contributed by atoms with E-state index < -0.39 is 17.5 Å². The van der Waals surface area contributed by atoms with Crippen LogP contribution in [0.2, 0.25) is 0 Å². The number of piperidine rings is 1. The van der Waals surface area contributed by atoms with Crippen molar-refractivity contribution in [2.75, 3.05) is 19.7 Å². The lowest BCUT2D eigenvalue weighted by Crippen LogP contribution is -2.21. The van der Waals surface area contributed by atoms with Crippen LogP contribution < -0.4 is 10.1 Å². The van der Waals surface area contributed by atoms with Crippen molar-refractivity contribution < 1.29 is 24.1 Å². The molecule has 1 aliphatic heterocycles. The van der Waals surface area contributed by atoms with Crippen molar-refractivity contribution in [1.82, 2.24) is 20.3 Å². The van der Waals surface area contributed by atoms with Gasteiger partial charge in [0.2, 0.25) is 0 Å². The Morgan fingerprint density at radius 3 is 2.58 bits per heavy atom. The van der Waals surface area contributed by atoms with Crippen LogP contribution in [0.1, 0.15) is 42.5 Å². The number of nitrogens with one attached hydrogen (secondary N) is 2. The van der Waals surface area contributed by atoms with Crippen molar-refractivity contribution in [3.05, 3.63) is 36.0 Å². The molecule has 2 aromatic heterocycles. The van der Waals surface area contributed by atoms with E-state index in [-0.39, 0.29) is 16.8 Å². The van der Waals surface area contributed by atoms with Gasteiger partial charge in [-0.3, -0.25) is 0 Å². The number of aromatic amines is 1. The molecule has 5 rings (SSSR count). The van der Waals surface area contributed by atoms with Crippen molar-refractivity contribution in [3.8, 4) is 22.8 Å². The number of carboxylic acids is 1. The Hall–Kier alpha value is -3.20. The number of rotatable bonds is 5. The average Bonchev–Trinajstić information content (AvgIpc) is 3.51. The molecular weight excluding hydrogens is 403 g/mol. The number of hydrogen-bond acceptors (Lipinski definition) is 6. The SMILES string of the molecule is C1CCNCC1.O=C(O)c1c[nH]c2c(-c3cc(F)c(O)cc3OCC3CC3)ncnc12. The maximum absolute atomic E-state index is 13.9. The molecule has 2 fully saturated rings. The van der Waals surface area contributed by atoms with Gasteiger partial charge in [-0.05, 0) is 50.8 Å². The molecule has 1 aromatic carbocycles. The van der Waals surface area contributed by atoms with Gasteiger partial charge in [0.15, 0.2) is 11.6 Å². The summed E-state index contributed by atoms with van der Waals surface area (Å²) in [6.45, 7) is 2.97. The summed E-state index contributed by atoms with van der Waals surface area (Å²) in [5.74, 6) is -1.70. The highest BCUT2D eigenvalue weighted by Gasteiger charge is 2.24. The van der Waals surface area contributed by atoms with E-state index in [9.17, 15) is 19.4 Å². The van der Waals surface area contributed by atoms with Crippen LogP contribution >= 0.6 is 0 Å². The van der Waals surface area contributed by atoms with Gasteiger partial charge in [-0.2, -0.15) is 0 Å². The highest BCUT2D eigenvalue weighted by atomic mass is 19.1. The number of hydrogen-bond donors (Lipinski definition) is 4. The number of phenolic OH excluding ortho intramolecular Hbond substituents is 1. The maximum Gasteiger partial charge on any atom is 0.339 e. The fourth-order valence-electron chi connectivity index (χ4n) is 3.45. The van der Waals surface area contributed by atoms with E-state index in [4.69, 9.17) is 4.74 Å². The quantitative estimate of drug-likeness (QED) is 0.489. The molecule has 1 saturated heterocycles. The molecule has 0 atom stereocenters. The van der Waals surface area contributed by atoms with Gasteiger partial charge in [-0.15, -0.1) is 0 Å². The van der Waals surface area contributed by atoms with Gasteiger partial charge in [-0.1, -0.05) is 6.42 Å². The van der Waals surface area contributed by atoms with Crippen molar-refractivity contribution in [2.45, 2.75) is 32.1 Å². The van der Waals surface area contributed by atoms with Gasteiger partial charge < -0.3 is 25.3 Å². The standard InChI is InChI=1S/C17H14FN3O4.C5H11N/c18-11-3-9(13(4-12(11)22)25-6-8-1-2-8)14-16-15(21-7-20-14)10(5-19-16)17(23)24;1-2-4-6-5-3-1/h3-5,7-8,19,22H,1-2,6H2,(H,23,24);6H,1-5H2. The summed E-state index contributed by atoms with van der Waals surface area (Å²) in [4.78, 5) is 22.3. The number of benzene rings is 1. The van der Waals surface area contributed by atoms with Gasteiger partial charge >= 0.3 is 5.97 Å². The highest BCUT2D eigenvalue weighted by molar-refractivity contribution is 6.04. The molecule has 31 heavy (non-hydrogen) atoms. The Morgan fingerprint density at radius 1 is 1.19 bits per heavy atom. The first-order valence-electron chi connectivity index (χ1n) is 10.5. The van der Waals surface area contributed by atoms with E-state index in [1.54, 1.807) is 0 Å². The maximum atomic E-state index is 13.9. The number of aromatic carboxylic acids is 1. The lowest BCUT2D eigenvalue weighted by atomic mass is 10.1. The summed E-state index contributed by atoms with van der Waals surface area (Å²) in [6.07, 6.45) is 8.91. The number of fused-ring (bicyclic) bond motifs is 1. The molecule has 3 heterocycles. The Balaban J connectivity index is 0.000000334. The van der Waals surface area contributed by atoms with Gasteiger partial charge in [0.1, 0.15) is 28.9 Å². The summed E-state index contributed by atoms with van der Waals surface area (Å²) in [5, 5.41) is 22.2. The molecule has 0 amide bonds. The van der Waals surface area contributed by atoms with Crippen LogP contribution in [0.4, 0.5) is 4.39 Å². The van der Waals surface area contributed by atoms with Crippen molar-refractivity contribution in [1.29, 1.82) is 0 Å². The number of H-pyrrole nitrogens is 1. The van der Waals surface area contributed by atoms with Crippen molar-refractivity contribution >= 4 is 17.0 Å². The van der Waals surface area contributed by atoms with E-state index in [1.165, 1.54) is 50.9 Å². The number of aromatic nitrogens is 3. The molecule has 2 aliphatic rings. The number of halogens is 1. The third kappa shape index (κ3) is 4.93. The number of carbonyl (C=O) groups is 1. The Kier molecular flexibility index (Phi) is 6.31. The van der Waals surface area contributed by atoms with Crippen LogP contribution in [-0.4, -0.2) is 50.8 Å². The van der Waals surface area contributed by atoms with Crippen molar-refractivity contribution in [2.24, 2.45) is 5.92 Å². The summed E-state index contributed by atoms with van der Waals surface area (Å²) >= 11 is 0. The number of ether oxygens (including phenoxy) is 1. The molecule has 9 heteroatoms. The topological polar surface area (TPSA) is 120 Å². The van der Waals surface area contributed by atoms with E-state index in [2.05, 4.69) is 20.3 Å². The monoisotopic (exact) mass is 428 g/mol. The number of phenols is 1. The van der Waals surface area contributed by atoms with Gasteiger partial charge in [0.25, 0.3) is 0 Å². The second-order valence-corrected chi connectivity index (χ2v) is 7.82. The van der Waals surface area contributed by atoms with Crippen LogP contribution in [0.25, 0.3) is 22.3 Å². The van der Waals surface area contributed by atoms with Gasteiger partial charge in [0, 0.05) is 17.8 Å². The minimum Gasteiger partial charge on any atom is -0.505 e. The minimum atomic E-state index is -1.13. The molecule has 0 unspecified atom stereocenters. The summed E-state index contributed by atoms with van der Waals surface area (Å²) in [6, 6.07) is 2.34. The summed E-state index contributed by atoms with van der Waals surface area (Å²) in [5.41, 5.74) is 1.21. The third-order valence-electron chi connectivity index (χ3n) is 5.38. The van der Waals surface area contributed by atoms with Crippen LogP contribution in [0, 0.1) is 11.7 Å². The first kappa shape index (κ1) is 21.0. The molecule has 164 valence electrons. The zero-order valence-corrected chi connectivity index (χ0v) is 17.0. The molecule has 4 N–H and O–H groups in total. The second kappa shape index (κ2) is 9.30. The molecule has 1 saturated carbocycles. The predicted octanol–water partition coefficient (Wildman–Crippen LogP) is 3.72. The highest BCUT2D eigenvalue weighted by Crippen LogP contribution is 2.38. The van der Waals surface area contributed by atoms with Crippen LogP contribution in [0.5, 0.6) is 11.5 Å². The lowest BCUT2D eigenvalue weighted by molar-refractivity contribution is 0.0699.